The van der Waals surface area contributed by atoms with Crippen LogP contribution in [0.15, 0.2) is 53.7 Å². The van der Waals surface area contributed by atoms with E-state index in [2.05, 4.69) is 22.1 Å². The number of hydrogen-bond donors (Lipinski definition) is 1. The lowest BCUT2D eigenvalue weighted by Gasteiger charge is -2.33. The molecule has 136 valence electrons. The minimum absolute atomic E-state index is 0.144. The summed E-state index contributed by atoms with van der Waals surface area (Å²) in [6.45, 7) is 4.73. The normalized spacial score (nSPS) is 18.4. The van der Waals surface area contributed by atoms with Gasteiger partial charge in [0, 0.05) is 30.7 Å². The van der Waals surface area contributed by atoms with Crippen LogP contribution in [0.25, 0.3) is 11.0 Å². The quantitative estimate of drug-likeness (QED) is 0.744. The molecule has 4 rings (SSSR count). The Morgan fingerprint density at radius 2 is 2.04 bits per heavy atom. The number of piperazine rings is 1. The second-order valence-electron chi connectivity index (χ2n) is 6.45. The van der Waals surface area contributed by atoms with Gasteiger partial charge in [-0.15, -0.1) is 0 Å². The topological polar surface area (TPSA) is 67.2 Å². The molecule has 0 radical (unpaired) electrons. The highest BCUT2D eigenvalue weighted by Crippen LogP contribution is 2.29. The summed E-state index contributed by atoms with van der Waals surface area (Å²) in [6, 6.07) is 12.3. The van der Waals surface area contributed by atoms with Crippen molar-refractivity contribution in [1.82, 2.24) is 14.3 Å². The second-order valence-corrected chi connectivity index (χ2v) is 8.70. The van der Waals surface area contributed by atoms with Crippen LogP contribution in [0.3, 0.4) is 0 Å². The summed E-state index contributed by atoms with van der Waals surface area (Å²) >= 11 is 5.97. The van der Waals surface area contributed by atoms with E-state index in [1.165, 1.54) is 22.4 Å². The standard InChI is InChI=1S/C18H19ClN4O2S/c1-13-11-22(9-8-20-13)16-6-3-7-17-18(16)21-12-23(17)26(24,25)15-5-2-4-14(19)10-15/h2-7,10,12-13,20H,8-9,11H2,1H3/t13-/m1/s1. The predicted molar refractivity (Wildman–Crippen MR) is 103 cm³/mol. The maximum Gasteiger partial charge on any atom is 0.269 e. The Bertz CT molecular complexity index is 1060. The fraction of sp³-hybridized carbons (Fsp3) is 0.278. The van der Waals surface area contributed by atoms with Crippen LogP contribution in [-0.2, 0) is 10.0 Å². The molecule has 2 aromatic carbocycles. The highest BCUT2D eigenvalue weighted by Gasteiger charge is 2.23. The molecule has 0 aliphatic carbocycles. The second kappa shape index (κ2) is 6.57. The Kier molecular flexibility index (Phi) is 4.38. The molecule has 1 atom stereocenters. The van der Waals surface area contributed by atoms with Crippen molar-refractivity contribution in [1.29, 1.82) is 0 Å². The van der Waals surface area contributed by atoms with Crippen LogP contribution in [0, 0.1) is 0 Å². The highest BCUT2D eigenvalue weighted by molar-refractivity contribution is 7.90. The third kappa shape index (κ3) is 2.96. The van der Waals surface area contributed by atoms with Gasteiger partial charge in [0.2, 0.25) is 0 Å². The van der Waals surface area contributed by atoms with E-state index in [1.54, 1.807) is 18.2 Å². The molecule has 1 aliphatic heterocycles. The first kappa shape index (κ1) is 17.3. The average molecular weight is 391 g/mol. The van der Waals surface area contributed by atoms with Gasteiger partial charge in [0.15, 0.2) is 0 Å². The highest BCUT2D eigenvalue weighted by atomic mass is 35.5. The lowest BCUT2D eigenvalue weighted by Crippen LogP contribution is -2.49. The summed E-state index contributed by atoms with van der Waals surface area (Å²) in [5, 5.41) is 3.79. The van der Waals surface area contributed by atoms with E-state index >= 15 is 0 Å². The van der Waals surface area contributed by atoms with E-state index < -0.39 is 10.0 Å². The molecule has 1 N–H and O–H groups in total. The molecule has 0 bridgehead atoms. The van der Waals surface area contributed by atoms with Gasteiger partial charge >= 0.3 is 0 Å². The molecule has 2 heterocycles. The third-order valence-corrected chi connectivity index (χ3v) is 6.48. The van der Waals surface area contributed by atoms with Crippen LogP contribution in [0.5, 0.6) is 0 Å². The molecule has 8 heteroatoms. The number of hydrogen-bond acceptors (Lipinski definition) is 5. The average Bonchev–Trinajstić information content (AvgIpc) is 3.06. The summed E-state index contributed by atoms with van der Waals surface area (Å²) < 4.78 is 27.3. The van der Waals surface area contributed by atoms with E-state index in [0.717, 1.165) is 25.3 Å². The summed E-state index contributed by atoms with van der Waals surface area (Å²) in [5.41, 5.74) is 2.21. The molecule has 26 heavy (non-hydrogen) atoms. The number of imidazole rings is 1. The van der Waals surface area contributed by atoms with Gasteiger partial charge < -0.3 is 10.2 Å². The van der Waals surface area contributed by atoms with Gasteiger partial charge in [0.25, 0.3) is 10.0 Å². The summed E-state index contributed by atoms with van der Waals surface area (Å²) in [6.07, 6.45) is 1.37. The SMILES string of the molecule is C[C@@H]1CN(c2cccc3c2ncn3S(=O)(=O)c2cccc(Cl)c2)CCN1. The number of rotatable bonds is 3. The van der Waals surface area contributed by atoms with Gasteiger partial charge in [-0.3, -0.25) is 0 Å². The maximum absolute atomic E-state index is 13.0. The Morgan fingerprint density at radius 1 is 1.23 bits per heavy atom. The first-order chi connectivity index (χ1) is 12.5. The van der Waals surface area contributed by atoms with Crippen molar-refractivity contribution in [2.24, 2.45) is 0 Å². The summed E-state index contributed by atoms with van der Waals surface area (Å²) in [4.78, 5) is 6.81. The molecule has 0 saturated carbocycles. The molecular weight excluding hydrogens is 372 g/mol. The molecule has 3 aromatic rings. The Hall–Kier alpha value is -2.09. The van der Waals surface area contributed by atoms with Crippen molar-refractivity contribution in [2.45, 2.75) is 17.9 Å². The van der Waals surface area contributed by atoms with Crippen LogP contribution < -0.4 is 10.2 Å². The Balaban J connectivity index is 1.82. The van der Waals surface area contributed by atoms with Crippen LogP contribution in [0.1, 0.15) is 6.92 Å². The molecular formula is C18H19ClN4O2S. The van der Waals surface area contributed by atoms with E-state index in [-0.39, 0.29) is 4.90 Å². The van der Waals surface area contributed by atoms with Gasteiger partial charge in [-0.1, -0.05) is 23.7 Å². The van der Waals surface area contributed by atoms with Gasteiger partial charge in [0.1, 0.15) is 11.8 Å². The zero-order chi connectivity index (χ0) is 18.3. The van der Waals surface area contributed by atoms with Gasteiger partial charge in [0.05, 0.1) is 16.1 Å². The molecule has 1 saturated heterocycles. The van der Waals surface area contributed by atoms with Gasteiger partial charge in [-0.2, -0.15) is 0 Å². The number of aromatic nitrogens is 2. The molecule has 0 amide bonds. The maximum atomic E-state index is 13.0. The van der Waals surface area contributed by atoms with Crippen LogP contribution >= 0.6 is 11.6 Å². The fourth-order valence-electron chi connectivity index (χ4n) is 3.34. The molecule has 1 aromatic heterocycles. The monoisotopic (exact) mass is 390 g/mol. The largest absolute Gasteiger partial charge is 0.367 e. The van der Waals surface area contributed by atoms with Gasteiger partial charge in [-0.05, 0) is 37.3 Å². The summed E-state index contributed by atoms with van der Waals surface area (Å²) in [5.74, 6) is 0. The smallest absolute Gasteiger partial charge is 0.269 e. The minimum Gasteiger partial charge on any atom is -0.367 e. The first-order valence-electron chi connectivity index (χ1n) is 8.42. The van der Waals surface area contributed by atoms with Crippen molar-refractivity contribution in [3.63, 3.8) is 0 Å². The van der Waals surface area contributed by atoms with E-state index in [4.69, 9.17) is 11.6 Å². The zero-order valence-corrected chi connectivity index (χ0v) is 15.8. The minimum atomic E-state index is -3.76. The van der Waals surface area contributed by atoms with Crippen LogP contribution in [-0.4, -0.2) is 43.1 Å². The molecule has 0 unspecified atom stereocenters. The number of nitrogens with zero attached hydrogens (tertiary/aromatic N) is 3. The van der Waals surface area contributed by atoms with Crippen molar-refractivity contribution in [3.05, 3.63) is 53.8 Å². The van der Waals surface area contributed by atoms with Crippen molar-refractivity contribution < 1.29 is 8.42 Å². The van der Waals surface area contributed by atoms with Crippen LogP contribution in [0.2, 0.25) is 5.02 Å². The van der Waals surface area contributed by atoms with Crippen molar-refractivity contribution in [2.75, 3.05) is 24.5 Å². The van der Waals surface area contributed by atoms with Crippen molar-refractivity contribution >= 4 is 38.3 Å². The van der Waals surface area contributed by atoms with E-state index in [9.17, 15) is 8.42 Å². The molecule has 1 fully saturated rings. The van der Waals surface area contributed by atoms with E-state index in [0.29, 0.717) is 22.1 Å². The first-order valence-corrected chi connectivity index (χ1v) is 10.2. The van der Waals surface area contributed by atoms with Crippen LogP contribution in [0.4, 0.5) is 5.69 Å². The predicted octanol–water partition coefficient (Wildman–Crippen LogP) is 2.72. The number of fused-ring (bicyclic) bond motifs is 1. The van der Waals surface area contributed by atoms with Gasteiger partial charge in [-0.25, -0.2) is 17.4 Å². The number of anilines is 1. The van der Waals surface area contributed by atoms with E-state index in [1.807, 2.05) is 12.1 Å². The molecule has 6 nitrogen and oxygen atoms in total. The molecule has 1 aliphatic rings. The zero-order valence-electron chi connectivity index (χ0n) is 14.3. The Morgan fingerprint density at radius 3 is 2.81 bits per heavy atom. The molecule has 0 spiro atoms. The number of para-hydroxylation sites is 1. The Labute approximate surface area is 157 Å². The van der Waals surface area contributed by atoms with Crippen molar-refractivity contribution in [3.8, 4) is 0 Å². The fourth-order valence-corrected chi connectivity index (χ4v) is 4.93. The number of benzene rings is 2. The lowest BCUT2D eigenvalue weighted by molar-refractivity contribution is 0.485. The summed E-state index contributed by atoms with van der Waals surface area (Å²) in [7, 11) is -3.76. The third-order valence-electron chi connectivity index (χ3n) is 4.58. The number of nitrogens with one attached hydrogen (secondary N) is 1. The number of halogens is 1. The lowest BCUT2D eigenvalue weighted by atomic mass is 10.2.